The molecule has 0 aliphatic heterocycles. The second-order valence-electron chi connectivity index (χ2n) is 7.66. The largest absolute Gasteiger partial charge is 0.480 e. The average Bonchev–Trinajstić information content (AvgIpc) is 2.51. The molecule has 0 unspecified atom stereocenters. The van der Waals surface area contributed by atoms with Gasteiger partial charge in [0.2, 0.25) is 5.91 Å². The van der Waals surface area contributed by atoms with Crippen molar-refractivity contribution in [2.45, 2.75) is 53.5 Å². The number of carbonyl (C=O) groups is 3. The first-order valence-electron chi connectivity index (χ1n) is 8.57. The van der Waals surface area contributed by atoms with Crippen molar-refractivity contribution in [3.05, 3.63) is 28.8 Å². The maximum Gasteiger partial charge on any atom is 0.326 e. The Labute approximate surface area is 159 Å². The molecular weight excluding hydrogens is 356 g/mol. The minimum Gasteiger partial charge on any atom is -0.480 e. The van der Waals surface area contributed by atoms with Gasteiger partial charge < -0.3 is 15.7 Å². The lowest BCUT2D eigenvalue weighted by molar-refractivity contribution is -0.140. The first kappa shape index (κ1) is 22.0. The highest BCUT2D eigenvalue weighted by Gasteiger charge is 2.26. The van der Waals surface area contributed by atoms with Gasteiger partial charge in [-0.1, -0.05) is 52.6 Å². The Hall–Kier alpha value is -2.08. The van der Waals surface area contributed by atoms with Crippen LogP contribution in [-0.2, 0) is 9.59 Å². The molecule has 0 heterocycles. The van der Waals surface area contributed by atoms with Gasteiger partial charge in [0, 0.05) is 12.1 Å². The van der Waals surface area contributed by atoms with Crippen molar-refractivity contribution in [1.82, 2.24) is 5.32 Å². The Bertz CT molecular complexity index is 683. The normalized spacial score (nSPS) is 13.6. The van der Waals surface area contributed by atoms with Gasteiger partial charge in [-0.2, -0.15) is 0 Å². The van der Waals surface area contributed by atoms with Crippen LogP contribution < -0.4 is 10.6 Å². The van der Waals surface area contributed by atoms with E-state index in [-0.39, 0.29) is 27.8 Å². The molecule has 0 spiro atoms. The van der Waals surface area contributed by atoms with Gasteiger partial charge >= 0.3 is 5.97 Å². The number of aliphatic carboxylic acids is 1. The number of anilines is 1. The Balaban J connectivity index is 2.97. The minimum absolute atomic E-state index is 0.120. The summed E-state index contributed by atoms with van der Waals surface area (Å²) in [6.45, 7) is 9.46. The number of amides is 2. The van der Waals surface area contributed by atoms with E-state index in [1.807, 2.05) is 27.7 Å². The van der Waals surface area contributed by atoms with Gasteiger partial charge in [0.15, 0.2) is 0 Å². The molecule has 0 radical (unpaired) electrons. The van der Waals surface area contributed by atoms with Crippen LogP contribution in [0.5, 0.6) is 0 Å². The summed E-state index contributed by atoms with van der Waals surface area (Å²) < 4.78 is 0. The van der Waals surface area contributed by atoms with Gasteiger partial charge in [-0.15, -0.1) is 0 Å². The smallest absolute Gasteiger partial charge is 0.326 e. The molecule has 0 saturated carbocycles. The molecule has 0 bridgehead atoms. The van der Waals surface area contributed by atoms with Crippen LogP contribution >= 0.6 is 11.6 Å². The maximum absolute atomic E-state index is 12.5. The molecule has 0 aliphatic carbocycles. The Morgan fingerprint density at radius 2 is 1.85 bits per heavy atom. The number of carbonyl (C=O) groups excluding carboxylic acids is 2. The first-order valence-corrected chi connectivity index (χ1v) is 8.95. The zero-order valence-corrected chi connectivity index (χ0v) is 16.6. The van der Waals surface area contributed by atoms with Crippen molar-refractivity contribution in [2.75, 3.05) is 5.32 Å². The van der Waals surface area contributed by atoms with E-state index in [9.17, 15) is 19.5 Å². The van der Waals surface area contributed by atoms with Crippen molar-refractivity contribution in [3.63, 3.8) is 0 Å². The standard InChI is InChI=1S/C19H27ClN2O4/c1-6-11(2)16(18(25)26)22-17(24)13-9-12(7-8-14(13)20)21-15(23)10-19(3,4)5/h7-9,11,16H,6,10H2,1-5H3,(H,21,23)(H,22,24)(H,25,26)/t11-,16-/m0/s1. The van der Waals surface area contributed by atoms with E-state index >= 15 is 0 Å². The highest BCUT2D eigenvalue weighted by molar-refractivity contribution is 6.34. The lowest BCUT2D eigenvalue weighted by Crippen LogP contribution is -2.45. The van der Waals surface area contributed by atoms with E-state index in [0.717, 1.165) is 0 Å². The van der Waals surface area contributed by atoms with Crippen molar-refractivity contribution in [3.8, 4) is 0 Å². The lowest BCUT2D eigenvalue weighted by atomic mass is 9.92. The molecule has 2 atom stereocenters. The van der Waals surface area contributed by atoms with E-state index in [2.05, 4.69) is 10.6 Å². The summed E-state index contributed by atoms with van der Waals surface area (Å²) in [4.78, 5) is 36.0. The fraction of sp³-hybridized carbons (Fsp3) is 0.526. The molecule has 144 valence electrons. The van der Waals surface area contributed by atoms with Crippen LogP contribution in [0, 0.1) is 11.3 Å². The number of hydrogen-bond donors (Lipinski definition) is 3. The monoisotopic (exact) mass is 382 g/mol. The van der Waals surface area contributed by atoms with Gasteiger partial charge in [-0.05, 0) is 29.5 Å². The highest BCUT2D eigenvalue weighted by atomic mass is 35.5. The fourth-order valence-corrected chi connectivity index (χ4v) is 2.57. The van der Waals surface area contributed by atoms with Crippen molar-refractivity contribution in [2.24, 2.45) is 11.3 Å². The predicted molar refractivity (Wildman–Crippen MR) is 102 cm³/mol. The van der Waals surface area contributed by atoms with Crippen LogP contribution in [0.4, 0.5) is 5.69 Å². The Morgan fingerprint density at radius 1 is 1.23 bits per heavy atom. The summed E-state index contributed by atoms with van der Waals surface area (Å²) in [6.07, 6.45) is 0.931. The van der Waals surface area contributed by atoms with Crippen LogP contribution in [0.1, 0.15) is 57.8 Å². The molecule has 0 saturated heterocycles. The van der Waals surface area contributed by atoms with Crippen molar-refractivity contribution < 1.29 is 19.5 Å². The molecule has 1 aromatic rings. The summed E-state index contributed by atoms with van der Waals surface area (Å²) in [7, 11) is 0. The molecule has 1 aromatic carbocycles. The van der Waals surface area contributed by atoms with Gasteiger partial charge in [-0.3, -0.25) is 9.59 Å². The molecule has 26 heavy (non-hydrogen) atoms. The molecule has 6 nitrogen and oxygen atoms in total. The zero-order valence-electron chi connectivity index (χ0n) is 15.9. The number of halogens is 1. The summed E-state index contributed by atoms with van der Waals surface area (Å²) >= 11 is 6.09. The Morgan fingerprint density at radius 3 is 2.35 bits per heavy atom. The van der Waals surface area contributed by atoms with Crippen molar-refractivity contribution in [1.29, 1.82) is 0 Å². The first-order chi connectivity index (χ1) is 11.9. The molecule has 0 fully saturated rings. The molecule has 0 aromatic heterocycles. The van der Waals surface area contributed by atoms with Crippen molar-refractivity contribution >= 4 is 35.1 Å². The number of benzene rings is 1. The number of carboxylic acids is 1. The van der Waals surface area contributed by atoms with Gasteiger partial charge in [-0.25, -0.2) is 4.79 Å². The number of carboxylic acid groups (broad SMARTS) is 1. The van der Waals surface area contributed by atoms with Gasteiger partial charge in [0.1, 0.15) is 6.04 Å². The SMILES string of the molecule is CC[C@H](C)[C@H](NC(=O)c1cc(NC(=O)CC(C)(C)C)ccc1Cl)C(=O)O. The maximum atomic E-state index is 12.5. The van der Waals surface area contributed by atoms with Crippen LogP contribution in [0.25, 0.3) is 0 Å². The molecule has 1 rings (SSSR count). The third-order valence-corrected chi connectivity index (χ3v) is 4.28. The van der Waals surface area contributed by atoms with Crippen LogP contribution in [0.15, 0.2) is 18.2 Å². The quantitative estimate of drug-likeness (QED) is 0.665. The summed E-state index contributed by atoms with van der Waals surface area (Å²) in [5.74, 6) is -2.09. The van der Waals surface area contributed by atoms with E-state index < -0.39 is 17.9 Å². The van der Waals surface area contributed by atoms with Crippen LogP contribution in [0.3, 0.4) is 0 Å². The molecule has 0 aliphatic rings. The summed E-state index contributed by atoms with van der Waals surface area (Å²) in [5.41, 5.74) is 0.390. The average molecular weight is 383 g/mol. The van der Waals surface area contributed by atoms with E-state index in [0.29, 0.717) is 18.5 Å². The predicted octanol–water partition coefficient (Wildman–Crippen LogP) is 3.94. The fourth-order valence-electron chi connectivity index (χ4n) is 2.37. The van der Waals surface area contributed by atoms with E-state index in [1.54, 1.807) is 13.0 Å². The Kier molecular flexibility index (Phi) is 7.63. The second-order valence-corrected chi connectivity index (χ2v) is 8.06. The summed E-state index contributed by atoms with van der Waals surface area (Å²) in [5, 5.41) is 14.7. The second kappa shape index (κ2) is 9.03. The third kappa shape index (κ3) is 6.67. The van der Waals surface area contributed by atoms with Gasteiger partial charge in [0.25, 0.3) is 5.91 Å². The lowest BCUT2D eigenvalue weighted by Gasteiger charge is -2.21. The molecule has 2 amide bonds. The molecule has 7 heteroatoms. The number of nitrogens with one attached hydrogen (secondary N) is 2. The third-order valence-electron chi connectivity index (χ3n) is 3.95. The van der Waals surface area contributed by atoms with Crippen LogP contribution in [0.2, 0.25) is 5.02 Å². The summed E-state index contributed by atoms with van der Waals surface area (Å²) in [6, 6.07) is 3.54. The molecular formula is C19H27ClN2O4. The number of hydrogen-bond acceptors (Lipinski definition) is 3. The van der Waals surface area contributed by atoms with Gasteiger partial charge in [0.05, 0.1) is 10.6 Å². The van der Waals surface area contributed by atoms with Crippen LogP contribution in [-0.4, -0.2) is 28.9 Å². The van der Waals surface area contributed by atoms with E-state index in [4.69, 9.17) is 11.6 Å². The highest BCUT2D eigenvalue weighted by Crippen LogP contribution is 2.23. The van der Waals surface area contributed by atoms with E-state index in [1.165, 1.54) is 12.1 Å². The number of rotatable bonds is 7. The topological polar surface area (TPSA) is 95.5 Å². The molecule has 3 N–H and O–H groups in total. The minimum atomic E-state index is -1.10. The zero-order chi connectivity index (χ0) is 20.1.